The van der Waals surface area contributed by atoms with E-state index in [0.717, 1.165) is 12.0 Å². The molecule has 0 bridgehead atoms. The van der Waals surface area contributed by atoms with Crippen LogP contribution in [0.1, 0.15) is 28.8 Å². The quantitative estimate of drug-likeness (QED) is 0.800. The Labute approximate surface area is 165 Å². The lowest BCUT2D eigenvalue weighted by atomic mass is 10.1. The Morgan fingerprint density at radius 3 is 2.25 bits per heavy atom. The second kappa shape index (κ2) is 8.52. The Morgan fingerprint density at radius 1 is 1.04 bits per heavy atom. The van der Waals surface area contributed by atoms with Crippen molar-refractivity contribution in [3.8, 4) is 11.5 Å². The summed E-state index contributed by atoms with van der Waals surface area (Å²) < 4.78 is 36.5. The van der Waals surface area contributed by atoms with Crippen molar-refractivity contribution >= 4 is 21.6 Å². The maximum Gasteiger partial charge on any atom is 0.251 e. The molecule has 0 unspecified atom stereocenters. The molecule has 1 aliphatic rings. The van der Waals surface area contributed by atoms with E-state index in [4.69, 9.17) is 9.47 Å². The average molecular weight is 404 g/mol. The van der Waals surface area contributed by atoms with Crippen LogP contribution < -0.4 is 19.1 Å². The number of methoxy groups -OCH3 is 2. The molecular formula is C20H24N2O5S. The predicted octanol–water partition coefficient (Wildman–Crippen LogP) is 2.56. The molecule has 28 heavy (non-hydrogen) atoms. The van der Waals surface area contributed by atoms with E-state index in [9.17, 15) is 13.2 Å². The molecule has 8 heteroatoms. The number of carbonyl (C=O) groups excluding carboxylic acids is 1. The molecule has 150 valence electrons. The average Bonchev–Trinajstić information content (AvgIpc) is 2.71. The van der Waals surface area contributed by atoms with Gasteiger partial charge in [0.15, 0.2) is 0 Å². The van der Waals surface area contributed by atoms with Crippen LogP contribution in [0.15, 0.2) is 42.5 Å². The number of benzene rings is 2. The largest absolute Gasteiger partial charge is 0.496 e. The summed E-state index contributed by atoms with van der Waals surface area (Å²) in [5.41, 5.74) is 1.78. The second-order valence-corrected chi connectivity index (χ2v) is 8.48. The highest BCUT2D eigenvalue weighted by molar-refractivity contribution is 7.92. The van der Waals surface area contributed by atoms with Gasteiger partial charge in [0.2, 0.25) is 10.0 Å². The van der Waals surface area contributed by atoms with Gasteiger partial charge >= 0.3 is 0 Å². The van der Waals surface area contributed by atoms with Gasteiger partial charge < -0.3 is 14.8 Å². The van der Waals surface area contributed by atoms with Gasteiger partial charge in [-0.2, -0.15) is 0 Å². The SMILES string of the molecule is COc1cccc(OC)c1CNC(=O)c1ccc(N2CCCCS2(=O)=O)cc1. The molecule has 0 radical (unpaired) electrons. The Balaban J connectivity index is 1.71. The predicted molar refractivity (Wildman–Crippen MR) is 108 cm³/mol. The highest BCUT2D eigenvalue weighted by atomic mass is 32.2. The third-order valence-corrected chi connectivity index (χ3v) is 6.59. The minimum absolute atomic E-state index is 0.163. The fourth-order valence-electron chi connectivity index (χ4n) is 3.23. The monoisotopic (exact) mass is 404 g/mol. The third-order valence-electron chi connectivity index (χ3n) is 4.72. The molecule has 7 nitrogen and oxygen atoms in total. The van der Waals surface area contributed by atoms with E-state index in [1.807, 2.05) is 6.07 Å². The van der Waals surface area contributed by atoms with Crippen molar-refractivity contribution in [1.29, 1.82) is 0 Å². The number of amides is 1. The van der Waals surface area contributed by atoms with E-state index in [1.54, 1.807) is 50.6 Å². The van der Waals surface area contributed by atoms with E-state index in [0.29, 0.717) is 35.7 Å². The number of anilines is 1. The number of nitrogens with zero attached hydrogens (tertiary/aromatic N) is 1. The highest BCUT2D eigenvalue weighted by Crippen LogP contribution is 2.28. The topological polar surface area (TPSA) is 84.9 Å². The van der Waals surface area contributed by atoms with Gasteiger partial charge in [-0.05, 0) is 49.2 Å². The number of rotatable bonds is 6. The fourth-order valence-corrected chi connectivity index (χ4v) is 4.87. The summed E-state index contributed by atoms with van der Waals surface area (Å²) in [6.45, 7) is 0.718. The van der Waals surface area contributed by atoms with Gasteiger partial charge in [-0.15, -0.1) is 0 Å². The maximum atomic E-state index is 12.5. The van der Waals surface area contributed by atoms with Gasteiger partial charge in [-0.3, -0.25) is 9.10 Å². The zero-order chi connectivity index (χ0) is 20.1. The van der Waals surface area contributed by atoms with Crippen molar-refractivity contribution in [2.24, 2.45) is 0 Å². The van der Waals surface area contributed by atoms with Crippen molar-refractivity contribution in [3.63, 3.8) is 0 Å². The third kappa shape index (κ3) is 4.22. The van der Waals surface area contributed by atoms with E-state index in [-0.39, 0.29) is 18.2 Å². The molecule has 0 saturated carbocycles. The summed E-state index contributed by atoms with van der Waals surface area (Å²) in [5, 5.41) is 2.85. The number of sulfonamides is 1. The van der Waals surface area contributed by atoms with Crippen molar-refractivity contribution in [3.05, 3.63) is 53.6 Å². The minimum Gasteiger partial charge on any atom is -0.496 e. The van der Waals surface area contributed by atoms with Crippen LogP contribution in [0.4, 0.5) is 5.69 Å². The Kier molecular flexibility index (Phi) is 6.08. The molecule has 1 fully saturated rings. The molecule has 1 heterocycles. The lowest BCUT2D eigenvalue weighted by Gasteiger charge is -2.28. The van der Waals surface area contributed by atoms with Crippen molar-refractivity contribution in [1.82, 2.24) is 5.32 Å². The first-order valence-electron chi connectivity index (χ1n) is 9.05. The minimum atomic E-state index is -3.27. The summed E-state index contributed by atoms with van der Waals surface area (Å²) in [6.07, 6.45) is 1.52. The molecule has 1 amide bonds. The second-order valence-electron chi connectivity index (χ2n) is 6.47. The van der Waals surface area contributed by atoms with Crippen LogP contribution in [-0.2, 0) is 16.6 Å². The summed E-state index contributed by atoms with van der Waals surface area (Å²) >= 11 is 0. The normalized spacial score (nSPS) is 15.7. The number of hydrogen-bond acceptors (Lipinski definition) is 5. The van der Waals surface area contributed by atoms with Gasteiger partial charge in [0.05, 0.1) is 37.8 Å². The standard InChI is InChI=1S/C20H24N2O5S/c1-26-18-6-5-7-19(27-2)17(18)14-21-20(23)15-8-10-16(11-9-15)22-12-3-4-13-28(22,24)25/h5-11H,3-4,12-14H2,1-2H3,(H,21,23). The molecule has 3 rings (SSSR count). The summed E-state index contributed by atoms with van der Waals surface area (Å²) in [7, 11) is -0.140. The van der Waals surface area contributed by atoms with Crippen LogP contribution in [0.25, 0.3) is 0 Å². The number of nitrogens with one attached hydrogen (secondary N) is 1. The molecule has 0 aliphatic carbocycles. The van der Waals surface area contributed by atoms with E-state index >= 15 is 0 Å². The van der Waals surface area contributed by atoms with Gasteiger partial charge in [0.1, 0.15) is 11.5 Å². The van der Waals surface area contributed by atoms with E-state index in [2.05, 4.69) is 5.32 Å². The zero-order valence-electron chi connectivity index (χ0n) is 16.0. The lowest BCUT2D eigenvalue weighted by Crippen LogP contribution is -2.37. The van der Waals surface area contributed by atoms with Crippen LogP contribution in [0, 0.1) is 0 Å². The Morgan fingerprint density at radius 2 is 1.68 bits per heavy atom. The van der Waals surface area contributed by atoms with E-state index < -0.39 is 10.0 Å². The number of carbonyl (C=O) groups is 1. The first-order chi connectivity index (χ1) is 13.5. The smallest absolute Gasteiger partial charge is 0.251 e. The van der Waals surface area contributed by atoms with Crippen molar-refractivity contribution in [2.45, 2.75) is 19.4 Å². The molecule has 0 spiro atoms. The zero-order valence-corrected chi connectivity index (χ0v) is 16.8. The summed E-state index contributed by atoms with van der Waals surface area (Å²) in [4.78, 5) is 12.5. The van der Waals surface area contributed by atoms with Crippen molar-refractivity contribution < 1.29 is 22.7 Å². The number of ether oxygens (including phenoxy) is 2. The summed E-state index contributed by atoms with van der Waals surface area (Å²) in [6, 6.07) is 12.0. The molecule has 0 aromatic heterocycles. The molecule has 2 aromatic carbocycles. The van der Waals surface area contributed by atoms with Crippen molar-refractivity contribution in [2.75, 3.05) is 30.8 Å². The van der Waals surface area contributed by atoms with Gasteiger partial charge in [-0.25, -0.2) is 8.42 Å². The highest BCUT2D eigenvalue weighted by Gasteiger charge is 2.26. The first-order valence-corrected chi connectivity index (χ1v) is 10.7. The Hall–Kier alpha value is -2.74. The van der Waals surface area contributed by atoms with Crippen LogP contribution >= 0.6 is 0 Å². The molecule has 0 atom stereocenters. The fraction of sp³-hybridized carbons (Fsp3) is 0.350. The molecule has 1 N–H and O–H groups in total. The maximum absolute atomic E-state index is 12.5. The first kappa shape index (κ1) is 20.0. The molecule has 1 aliphatic heterocycles. The Bertz CT molecular complexity index is 919. The number of hydrogen-bond donors (Lipinski definition) is 1. The van der Waals surface area contributed by atoms with Crippen LogP contribution in [0.5, 0.6) is 11.5 Å². The summed E-state index contributed by atoms with van der Waals surface area (Å²) in [5.74, 6) is 1.16. The van der Waals surface area contributed by atoms with Crippen LogP contribution in [0.2, 0.25) is 0 Å². The van der Waals surface area contributed by atoms with Gasteiger partial charge in [0.25, 0.3) is 5.91 Å². The molecule has 2 aromatic rings. The van der Waals surface area contributed by atoms with Crippen LogP contribution in [-0.4, -0.2) is 40.8 Å². The van der Waals surface area contributed by atoms with Crippen LogP contribution in [0.3, 0.4) is 0 Å². The molecular weight excluding hydrogens is 380 g/mol. The van der Waals surface area contributed by atoms with Gasteiger partial charge in [0, 0.05) is 12.1 Å². The molecule has 1 saturated heterocycles. The van der Waals surface area contributed by atoms with E-state index in [1.165, 1.54) is 4.31 Å². The van der Waals surface area contributed by atoms with Gasteiger partial charge in [-0.1, -0.05) is 6.07 Å². The lowest BCUT2D eigenvalue weighted by molar-refractivity contribution is 0.0950.